The molecule has 3 nitrogen and oxygen atoms in total. The number of hydrogen-bond donors (Lipinski definition) is 0. The van der Waals surface area contributed by atoms with E-state index in [1.165, 1.54) is 6.42 Å². The van der Waals surface area contributed by atoms with Crippen molar-refractivity contribution in [3.05, 3.63) is 0 Å². The van der Waals surface area contributed by atoms with E-state index in [1.807, 2.05) is 0 Å². The molecule has 21 heavy (non-hydrogen) atoms. The lowest BCUT2D eigenvalue weighted by atomic mass is 9.64. The number of amides is 1. The van der Waals surface area contributed by atoms with Crippen molar-refractivity contribution in [3.63, 3.8) is 0 Å². The molecule has 118 valence electrons. The van der Waals surface area contributed by atoms with Crippen LogP contribution in [0.4, 0.5) is 0 Å². The predicted molar refractivity (Wildman–Crippen MR) is 82.8 cm³/mol. The summed E-state index contributed by atoms with van der Waals surface area (Å²) < 4.78 is 0. The number of hydrogen-bond acceptors (Lipinski definition) is 2. The zero-order valence-corrected chi connectivity index (χ0v) is 14.0. The number of piperidine rings is 1. The Balaban J connectivity index is 1.96. The van der Waals surface area contributed by atoms with Crippen LogP contribution in [0.3, 0.4) is 0 Å². The molecule has 2 saturated carbocycles. The normalized spacial score (nSPS) is 41.6. The Morgan fingerprint density at radius 3 is 2.48 bits per heavy atom. The van der Waals surface area contributed by atoms with Gasteiger partial charge >= 0.3 is 0 Å². The van der Waals surface area contributed by atoms with Crippen molar-refractivity contribution in [3.8, 4) is 0 Å². The van der Waals surface area contributed by atoms with Gasteiger partial charge in [0.25, 0.3) is 0 Å². The highest BCUT2D eigenvalue weighted by molar-refractivity contribution is 5.99. The summed E-state index contributed by atoms with van der Waals surface area (Å²) >= 11 is 0. The summed E-state index contributed by atoms with van der Waals surface area (Å²) in [7, 11) is 0. The molecule has 1 amide bonds. The topological polar surface area (TPSA) is 37.4 Å². The fraction of sp³-hybridized carbons (Fsp3) is 0.889. The summed E-state index contributed by atoms with van der Waals surface area (Å²) in [4.78, 5) is 28.1. The van der Waals surface area contributed by atoms with Gasteiger partial charge in [0.05, 0.1) is 5.41 Å². The molecule has 0 aromatic rings. The van der Waals surface area contributed by atoms with Crippen LogP contribution in [0.5, 0.6) is 0 Å². The molecule has 0 spiro atoms. The number of rotatable bonds is 2. The lowest BCUT2D eigenvalue weighted by Gasteiger charge is -2.45. The molecule has 3 rings (SSSR count). The first kappa shape index (κ1) is 15.1. The zero-order valence-electron chi connectivity index (χ0n) is 14.0. The van der Waals surface area contributed by atoms with Crippen LogP contribution in [0.1, 0.15) is 72.6 Å². The average molecular weight is 291 g/mol. The van der Waals surface area contributed by atoms with Gasteiger partial charge in [0.1, 0.15) is 5.78 Å². The predicted octanol–water partition coefficient (Wildman–Crippen LogP) is 3.56. The van der Waals surface area contributed by atoms with Gasteiger partial charge in [0.15, 0.2) is 0 Å². The van der Waals surface area contributed by atoms with Crippen molar-refractivity contribution >= 4 is 11.7 Å². The van der Waals surface area contributed by atoms with E-state index in [2.05, 4.69) is 32.6 Å². The fourth-order valence-corrected chi connectivity index (χ4v) is 5.30. The third-order valence-corrected chi connectivity index (χ3v) is 7.47. The molecule has 0 aromatic heterocycles. The maximum absolute atomic E-state index is 13.4. The first-order valence-electron chi connectivity index (χ1n) is 8.64. The number of Topliss-reactive ketones (excluding diaryl/α,β-unsaturated/α-hetero) is 1. The Hall–Kier alpha value is -0.860. The Bertz CT molecular complexity index is 484. The molecule has 3 atom stereocenters. The van der Waals surface area contributed by atoms with Gasteiger partial charge in [-0.2, -0.15) is 0 Å². The SMILES string of the molecule is CC[C@H]1CCCCN1C(=O)[C@@]12CC[C@](C)(C(=O)C1)C2(C)C. The average Bonchev–Trinajstić information content (AvgIpc) is 2.76. The summed E-state index contributed by atoms with van der Waals surface area (Å²) in [5, 5.41) is 0. The molecule has 0 N–H and O–H groups in total. The van der Waals surface area contributed by atoms with E-state index in [0.717, 1.165) is 38.6 Å². The van der Waals surface area contributed by atoms with Crippen molar-refractivity contribution < 1.29 is 9.59 Å². The van der Waals surface area contributed by atoms with Gasteiger partial charge in [-0.1, -0.05) is 27.7 Å². The summed E-state index contributed by atoms with van der Waals surface area (Å²) in [6.07, 6.45) is 6.77. The van der Waals surface area contributed by atoms with Gasteiger partial charge in [-0.15, -0.1) is 0 Å². The molecule has 0 radical (unpaired) electrons. The van der Waals surface area contributed by atoms with E-state index >= 15 is 0 Å². The summed E-state index contributed by atoms with van der Waals surface area (Å²) in [5.74, 6) is 0.603. The van der Waals surface area contributed by atoms with Crippen molar-refractivity contribution in [2.45, 2.75) is 78.7 Å². The van der Waals surface area contributed by atoms with Crippen LogP contribution in [0.25, 0.3) is 0 Å². The number of carbonyl (C=O) groups is 2. The van der Waals surface area contributed by atoms with Crippen LogP contribution in [0.15, 0.2) is 0 Å². The van der Waals surface area contributed by atoms with Crippen LogP contribution in [0, 0.1) is 16.2 Å². The third kappa shape index (κ3) is 1.66. The van der Waals surface area contributed by atoms with Crippen LogP contribution in [-0.2, 0) is 9.59 Å². The largest absolute Gasteiger partial charge is 0.339 e. The highest BCUT2D eigenvalue weighted by Gasteiger charge is 2.73. The van der Waals surface area contributed by atoms with Gasteiger partial charge in [0, 0.05) is 24.4 Å². The highest BCUT2D eigenvalue weighted by Crippen LogP contribution is 2.71. The first-order valence-corrected chi connectivity index (χ1v) is 8.64. The van der Waals surface area contributed by atoms with E-state index in [1.54, 1.807) is 0 Å². The third-order valence-electron chi connectivity index (χ3n) is 7.47. The van der Waals surface area contributed by atoms with Gasteiger partial charge in [-0.25, -0.2) is 0 Å². The summed E-state index contributed by atoms with van der Waals surface area (Å²) in [6.45, 7) is 9.48. The molecule has 3 heteroatoms. The van der Waals surface area contributed by atoms with Crippen LogP contribution in [-0.4, -0.2) is 29.2 Å². The second kappa shape index (κ2) is 4.57. The molecular formula is C18H29NO2. The Kier molecular flexibility index (Phi) is 3.27. The lowest BCUT2D eigenvalue weighted by Crippen LogP contribution is -2.53. The Labute approximate surface area is 128 Å². The molecule has 1 aliphatic heterocycles. The van der Waals surface area contributed by atoms with E-state index in [-0.39, 0.29) is 16.7 Å². The van der Waals surface area contributed by atoms with Gasteiger partial charge in [-0.05, 0) is 43.9 Å². The second-order valence-electron chi connectivity index (χ2n) is 8.20. The molecule has 2 aliphatic carbocycles. The fourth-order valence-electron chi connectivity index (χ4n) is 5.30. The van der Waals surface area contributed by atoms with E-state index in [0.29, 0.717) is 18.2 Å². The van der Waals surface area contributed by atoms with Gasteiger partial charge < -0.3 is 4.90 Å². The minimum Gasteiger partial charge on any atom is -0.339 e. The number of likely N-dealkylation sites (tertiary alicyclic amines) is 1. The molecule has 1 saturated heterocycles. The smallest absolute Gasteiger partial charge is 0.230 e. The van der Waals surface area contributed by atoms with Crippen molar-refractivity contribution in [1.82, 2.24) is 4.90 Å². The monoisotopic (exact) mass is 291 g/mol. The standard InChI is InChI=1S/C18H29NO2/c1-5-13-8-6-7-11-19(13)15(21)18-10-9-17(4,14(20)12-18)16(18,2)3/h13H,5-12H2,1-4H3/t13-,17+,18+/m0/s1. The van der Waals surface area contributed by atoms with Crippen LogP contribution >= 0.6 is 0 Å². The molecule has 2 bridgehead atoms. The molecule has 3 aliphatic rings. The Morgan fingerprint density at radius 2 is 1.95 bits per heavy atom. The minimum absolute atomic E-state index is 0.204. The van der Waals surface area contributed by atoms with Gasteiger partial charge in [0.2, 0.25) is 5.91 Å². The lowest BCUT2D eigenvalue weighted by molar-refractivity contribution is -0.151. The number of nitrogens with zero attached hydrogens (tertiary/aromatic N) is 1. The van der Waals surface area contributed by atoms with E-state index < -0.39 is 5.41 Å². The number of ketones is 1. The van der Waals surface area contributed by atoms with Crippen molar-refractivity contribution in [2.75, 3.05) is 6.54 Å². The van der Waals surface area contributed by atoms with Crippen LogP contribution in [0.2, 0.25) is 0 Å². The van der Waals surface area contributed by atoms with Crippen molar-refractivity contribution in [2.24, 2.45) is 16.2 Å². The molecule has 0 unspecified atom stereocenters. The molecular weight excluding hydrogens is 262 g/mol. The van der Waals surface area contributed by atoms with E-state index in [9.17, 15) is 9.59 Å². The number of fused-ring (bicyclic) bond motifs is 2. The maximum Gasteiger partial charge on any atom is 0.230 e. The molecule has 3 fully saturated rings. The zero-order chi connectivity index (χ0) is 15.5. The van der Waals surface area contributed by atoms with Crippen LogP contribution < -0.4 is 0 Å². The summed E-state index contributed by atoms with van der Waals surface area (Å²) in [5.41, 5.74) is -0.923. The van der Waals surface area contributed by atoms with E-state index in [4.69, 9.17) is 0 Å². The quantitative estimate of drug-likeness (QED) is 0.780. The van der Waals surface area contributed by atoms with Gasteiger partial charge in [-0.3, -0.25) is 9.59 Å². The maximum atomic E-state index is 13.4. The van der Waals surface area contributed by atoms with Crippen molar-refractivity contribution in [1.29, 1.82) is 0 Å². The minimum atomic E-state index is -0.427. The number of carbonyl (C=O) groups excluding carboxylic acids is 2. The first-order chi connectivity index (χ1) is 9.80. The Morgan fingerprint density at radius 1 is 1.24 bits per heavy atom. The molecule has 1 heterocycles. The highest BCUT2D eigenvalue weighted by atomic mass is 16.2. The molecule has 0 aromatic carbocycles. The second-order valence-corrected chi connectivity index (χ2v) is 8.20. The summed E-state index contributed by atoms with van der Waals surface area (Å²) in [6, 6.07) is 0.388.